The summed E-state index contributed by atoms with van der Waals surface area (Å²) in [5.74, 6) is 0. The molecule has 1 aromatic carbocycles. The average molecular weight is 242 g/mol. The van der Waals surface area contributed by atoms with Gasteiger partial charge >= 0.3 is 0 Å². The summed E-state index contributed by atoms with van der Waals surface area (Å²) < 4.78 is 25.4. The van der Waals surface area contributed by atoms with Crippen LogP contribution in [0.1, 0.15) is 5.56 Å². The molecule has 8 nitrogen and oxygen atoms in total. The van der Waals surface area contributed by atoms with Gasteiger partial charge in [-0.3, -0.25) is 10.1 Å². The van der Waals surface area contributed by atoms with Gasteiger partial charge in [-0.15, -0.1) is 0 Å². The molecule has 0 saturated heterocycles. The zero-order chi connectivity index (χ0) is 12.3. The second-order valence-corrected chi connectivity index (χ2v) is 4.41. The van der Waals surface area contributed by atoms with Crippen molar-refractivity contribution >= 4 is 15.7 Å². The van der Waals surface area contributed by atoms with Crippen molar-refractivity contribution in [2.45, 2.75) is 11.8 Å². The Morgan fingerprint density at radius 2 is 2.12 bits per heavy atom. The third-order valence-corrected chi connectivity index (χ3v) is 3.09. The van der Waals surface area contributed by atoms with Crippen molar-refractivity contribution in [2.24, 2.45) is 4.52 Å². The molecule has 0 N–H and O–H groups in total. The molecule has 1 aromatic rings. The highest BCUT2D eigenvalue weighted by Gasteiger charge is 2.18. The molecule has 0 bridgehead atoms. The van der Waals surface area contributed by atoms with Crippen LogP contribution in [0.25, 0.3) is 10.4 Å². The van der Waals surface area contributed by atoms with E-state index in [1.165, 1.54) is 19.1 Å². The van der Waals surface area contributed by atoms with Crippen molar-refractivity contribution in [3.63, 3.8) is 0 Å². The van der Waals surface area contributed by atoms with E-state index in [9.17, 15) is 18.5 Å². The van der Waals surface area contributed by atoms with E-state index >= 15 is 0 Å². The van der Waals surface area contributed by atoms with Gasteiger partial charge < -0.3 is 0 Å². The summed E-state index contributed by atoms with van der Waals surface area (Å²) in [5.41, 5.74) is 7.98. The molecule has 0 fully saturated rings. The van der Waals surface area contributed by atoms with Gasteiger partial charge in [0.2, 0.25) is 0 Å². The van der Waals surface area contributed by atoms with Gasteiger partial charge in [0, 0.05) is 21.6 Å². The van der Waals surface area contributed by atoms with E-state index in [1.54, 1.807) is 0 Å². The van der Waals surface area contributed by atoms with Gasteiger partial charge in [-0.05, 0) is 18.0 Å². The molecule has 16 heavy (non-hydrogen) atoms. The average Bonchev–Trinajstić information content (AvgIpc) is 2.17. The number of nitro benzene ring substituents is 1. The van der Waals surface area contributed by atoms with Crippen LogP contribution in [0.2, 0.25) is 0 Å². The van der Waals surface area contributed by atoms with E-state index < -0.39 is 14.9 Å². The first-order valence-electron chi connectivity index (χ1n) is 3.95. The van der Waals surface area contributed by atoms with Gasteiger partial charge in [0.05, 0.1) is 9.82 Å². The first kappa shape index (κ1) is 12.0. The number of sulfonamides is 1. The lowest BCUT2D eigenvalue weighted by atomic mass is 10.2. The summed E-state index contributed by atoms with van der Waals surface area (Å²) in [6.07, 6.45) is 0. The maximum atomic E-state index is 11.4. The number of aryl methyl sites for hydroxylation is 1. The number of hydrogen-bond acceptors (Lipinski definition) is 4. The van der Waals surface area contributed by atoms with Crippen LogP contribution in [0, 0.1) is 17.0 Å². The molecule has 0 aliphatic heterocycles. The van der Waals surface area contributed by atoms with E-state index in [-0.39, 0.29) is 16.1 Å². The Balaban J connectivity index is 3.50. The normalized spacial score (nSPS) is 10.6. The van der Waals surface area contributed by atoms with Crippen LogP contribution in [0.5, 0.6) is 0 Å². The molecular weight excluding hydrogens is 236 g/mol. The number of rotatable bonds is 3. The van der Waals surface area contributed by atoms with Crippen molar-refractivity contribution in [1.29, 1.82) is 0 Å². The molecule has 0 aliphatic rings. The van der Waals surface area contributed by atoms with E-state index in [0.717, 1.165) is 6.07 Å². The third kappa shape index (κ3) is 2.27. The Bertz CT molecular complexity index is 588. The lowest BCUT2D eigenvalue weighted by Gasteiger charge is -2.01. The lowest BCUT2D eigenvalue weighted by Crippen LogP contribution is -2.00. The summed E-state index contributed by atoms with van der Waals surface area (Å²) in [6.45, 7) is 1.45. The van der Waals surface area contributed by atoms with Gasteiger partial charge in [-0.25, -0.2) is 8.42 Å². The van der Waals surface area contributed by atoms with Crippen molar-refractivity contribution in [1.82, 2.24) is 0 Å². The number of nitro groups is 1. The Labute approximate surface area is 90.3 Å². The van der Waals surface area contributed by atoms with Crippen LogP contribution in [-0.4, -0.2) is 13.3 Å². The monoisotopic (exact) mass is 242 g/mol. The molecule has 84 valence electrons. The lowest BCUT2D eigenvalue weighted by molar-refractivity contribution is -0.385. The summed E-state index contributed by atoms with van der Waals surface area (Å²) in [7, 11) is -4.19. The molecule has 0 spiro atoms. The smallest absolute Gasteiger partial charge is 0.258 e. The van der Waals surface area contributed by atoms with Crippen LogP contribution in [-0.2, 0) is 10.0 Å². The van der Waals surface area contributed by atoms with E-state index in [2.05, 4.69) is 9.43 Å². The summed E-state index contributed by atoms with van der Waals surface area (Å²) >= 11 is 0. The largest absolute Gasteiger partial charge is 0.270 e. The number of benzene rings is 1. The minimum absolute atomic E-state index is 0.276. The van der Waals surface area contributed by atoms with E-state index in [4.69, 9.17) is 5.53 Å². The zero-order valence-corrected chi connectivity index (χ0v) is 8.88. The van der Waals surface area contributed by atoms with Crippen molar-refractivity contribution in [2.75, 3.05) is 0 Å². The molecule has 9 heteroatoms. The minimum atomic E-state index is -4.19. The molecule has 0 aliphatic carbocycles. The quantitative estimate of drug-likeness (QED) is 0.263. The molecule has 0 heterocycles. The van der Waals surface area contributed by atoms with Gasteiger partial charge in [-0.2, -0.15) is 0 Å². The molecule has 0 amide bonds. The number of non-ortho nitro benzene ring substituents is 1. The summed E-state index contributed by atoms with van der Waals surface area (Å²) in [4.78, 5) is 11.5. The molecule has 0 aromatic heterocycles. The fourth-order valence-electron chi connectivity index (χ4n) is 1.07. The molecule has 0 saturated carbocycles. The molecular formula is C7H6N4O4S. The summed E-state index contributed by atoms with van der Waals surface area (Å²) in [6, 6.07) is 3.31. The first-order valence-corrected chi connectivity index (χ1v) is 5.39. The van der Waals surface area contributed by atoms with Crippen molar-refractivity contribution < 1.29 is 13.3 Å². The van der Waals surface area contributed by atoms with Crippen LogP contribution in [0.3, 0.4) is 0 Å². The highest BCUT2D eigenvalue weighted by molar-refractivity contribution is 7.90. The van der Waals surface area contributed by atoms with E-state index in [1.807, 2.05) is 0 Å². The first-order chi connectivity index (χ1) is 7.38. The number of nitrogens with zero attached hydrogens (tertiary/aromatic N) is 4. The SMILES string of the molecule is Cc1ccc([N+](=O)[O-])cc1S(=O)(=O)N=[N+]=[N-]. The second kappa shape index (κ2) is 4.17. The topological polar surface area (TPSA) is 126 Å². The Hall–Kier alpha value is -2.12. The fraction of sp³-hybridized carbons (Fsp3) is 0.143. The zero-order valence-electron chi connectivity index (χ0n) is 8.06. The van der Waals surface area contributed by atoms with E-state index in [0.29, 0.717) is 0 Å². The summed E-state index contributed by atoms with van der Waals surface area (Å²) in [5, 5.41) is 10.5. The highest BCUT2D eigenvalue weighted by Crippen LogP contribution is 2.23. The van der Waals surface area contributed by atoms with Crippen molar-refractivity contribution in [3.8, 4) is 0 Å². The third-order valence-electron chi connectivity index (χ3n) is 1.80. The van der Waals surface area contributed by atoms with Crippen LogP contribution in [0.15, 0.2) is 27.6 Å². The standard InChI is InChI=1S/C7H6N4O4S/c1-5-2-3-6(11(12)13)4-7(5)16(14,15)10-9-8/h2-4H,1H3. The Morgan fingerprint density at radius 1 is 1.50 bits per heavy atom. The van der Waals surface area contributed by atoms with Gasteiger partial charge in [0.15, 0.2) is 0 Å². The second-order valence-electron chi connectivity index (χ2n) is 2.85. The number of hydrogen-bond donors (Lipinski definition) is 0. The fourth-order valence-corrected chi connectivity index (χ4v) is 2.00. The van der Waals surface area contributed by atoms with Crippen LogP contribution >= 0.6 is 0 Å². The van der Waals surface area contributed by atoms with Crippen molar-refractivity contribution in [3.05, 3.63) is 44.3 Å². The van der Waals surface area contributed by atoms with Gasteiger partial charge in [0.25, 0.3) is 15.7 Å². The number of azide groups is 1. The molecule has 0 atom stereocenters. The van der Waals surface area contributed by atoms with Gasteiger partial charge in [-0.1, -0.05) is 6.07 Å². The highest BCUT2D eigenvalue weighted by atomic mass is 32.2. The molecule has 0 unspecified atom stereocenters. The van der Waals surface area contributed by atoms with Crippen LogP contribution < -0.4 is 0 Å². The van der Waals surface area contributed by atoms with Gasteiger partial charge in [0.1, 0.15) is 0 Å². The minimum Gasteiger partial charge on any atom is -0.258 e. The Morgan fingerprint density at radius 3 is 2.62 bits per heavy atom. The molecule has 1 rings (SSSR count). The predicted molar refractivity (Wildman–Crippen MR) is 54.2 cm³/mol. The maximum absolute atomic E-state index is 11.4. The molecule has 0 radical (unpaired) electrons. The van der Waals surface area contributed by atoms with Crippen LogP contribution in [0.4, 0.5) is 5.69 Å². The predicted octanol–water partition coefficient (Wildman–Crippen LogP) is 1.90. The maximum Gasteiger partial charge on any atom is 0.270 e. The Kier molecular flexibility index (Phi) is 3.11.